The molecule has 0 aliphatic rings. The number of benzene rings is 4. The van der Waals surface area contributed by atoms with Crippen LogP contribution in [0.1, 0.15) is 54.4 Å². The van der Waals surface area contributed by atoms with E-state index in [0.717, 1.165) is 16.7 Å². The van der Waals surface area contributed by atoms with E-state index >= 15 is 0 Å². The molecule has 280 valence electrons. The van der Waals surface area contributed by atoms with E-state index in [1.165, 1.54) is 0 Å². The zero-order valence-electron chi connectivity index (χ0n) is 29.5. The summed E-state index contributed by atoms with van der Waals surface area (Å²) in [6.45, 7) is 0.865. The molecular weight excluding hydrogens is 804 g/mol. The lowest BCUT2D eigenvalue weighted by Gasteiger charge is -2.24. The van der Waals surface area contributed by atoms with Gasteiger partial charge in [-0.05, 0) is 105 Å². The van der Waals surface area contributed by atoms with E-state index in [1.54, 1.807) is 12.1 Å². The molecule has 4 aromatic rings. The fraction of sp³-hybridized carbons (Fsp3) is 0.317. The Labute approximate surface area is 327 Å². The maximum atomic E-state index is 13.9. The number of hydrogen-bond acceptors (Lipinski definition) is 6. The Morgan fingerprint density at radius 3 is 1.83 bits per heavy atom. The topological polar surface area (TPSA) is 146 Å². The summed E-state index contributed by atoms with van der Waals surface area (Å²) in [5.74, 6) is -1.11. The largest absolute Gasteiger partial charge is 0.506 e. The van der Waals surface area contributed by atoms with Crippen molar-refractivity contribution in [1.82, 2.24) is 21.3 Å². The first-order valence-corrected chi connectivity index (χ1v) is 19.3. The zero-order chi connectivity index (χ0) is 37.8. The van der Waals surface area contributed by atoms with Crippen molar-refractivity contribution < 1.29 is 29.0 Å². The van der Waals surface area contributed by atoms with Crippen molar-refractivity contribution in [2.75, 3.05) is 13.1 Å². The molecule has 10 nitrogen and oxygen atoms in total. The summed E-state index contributed by atoms with van der Waals surface area (Å²) >= 11 is 6.69. The molecule has 4 aromatic carbocycles. The van der Waals surface area contributed by atoms with Crippen molar-refractivity contribution in [1.29, 1.82) is 0 Å². The van der Waals surface area contributed by atoms with E-state index in [1.807, 2.05) is 91.0 Å². The van der Waals surface area contributed by atoms with E-state index in [2.05, 4.69) is 53.1 Å². The summed E-state index contributed by atoms with van der Waals surface area (Å²) in [4.78, 5) is 52.8. The number of aryl methyl sites for hydroxylation is 1. The average molecular weight is 851 g/mol. The van der Waals surface area contributed by atoms with E-state index in [9.17, 15) is 24.3 Å². The van der Waals surface area contributed by atoms with E-state index in [0.29, 0.717) is 66.1 Å². The molecule has 0 fully saturated rings. The van der Waals surface area contributed by atoms with Crippen LogP contribution >= 0.6 is 31.9 Å². The van der Waals surface area contributed by atoms with Gasteiger partial charge >= 0.3 is 6.09 Å². The molecule has 0 saturated carbocycles. The molecule has 4 rings (SSSR count). The number of alkyl carbamates (subject to hydrolysis) is 1. The van der Waals surface area contributed by atoms with Crippen LogP contribution in [-0.4, -0.2) is 54.1 Å². The number of amides is 4. The van der Waals surface area contributed by atoms with Gasteiger partial charge in [-0.25, -0.2) is 4.79 Å². The van der Waals surface area contributed by atoms with Crippen LogP contribution in [-0.2, 0) is 45.0 Å². The number of carbonyl (C=O) groups is 4. The van der Waals surface area contributed by atoms with Gasteiger partial charge in [-0.3, -0.25) is 14.4 Å². The van der Waals surface area contributed by atoms with Gasteiger partial charge in [-0.2, -0.15) is 0 Å². The third kappa shape index (κ3) is 15.1. The molecule has 0 saturated heterocycles. The molecule has 0 heterocycles. The van der Waals surface area contributed by atoms with Gasteiger partial charge in [0.1, 0.15) is 24.4 Å². The number of carbonyl (C=O) groups excluding carboxylic acids is 4. The molecule has 0 bridgehead atoms. The minimum Gasteiger partial charge on any atom is -0.506 e. The van der Waals surface area contributed by atoms with Crippen molar-refractivity contribution in [3.63, 3.8) is 0 Å². The quantitative estimate of drug-likeness (QED) is 0.0612. The molecule has 0 radical (unpaired) electrons. The van der Waals surface area contributed by atoms with Crippen LogP contribution in [0.2, 0.25) is 0 Å². The molecule has 0 aliphatic carbocycles. The second-order valence-electron chi connectivity index (χ2n) is 12.6. The van der Waals surface area contributed by atoms with Crippen LogP contribution in [0.3, 0.4) is 0 Å². The van der Waals surface area contributed by atoms with Crippen LogP contribution in [0.15, 0.2) is 112 Å². The van der Waals surface area contributed by atoms with E-state index in [-0.39, 0.29) is 37.0 Å². The maximum absolute atomic E-state index is 13.9. The van der Waals surface area contributed by atoms with Gasteiger partial charge in [-0.15, -0.1) is 0 Å². The Kier molecular flexibility index (Phi) is 17.4. The number of phenols is 1. The first-order chi connectivity index (χ1) is 25.7. The molecule has 0 unspecified atom stereocenters. The number of nitrogens with one attached hydrogen (secondary N) is 4. The smallest absolute Gasteiger partial charge is 0.407 e. The third-order valence-corrected chi connectivity index (χ3v) is 9.68. The number of aromatic hydroxyl groups is 1. The van der Waals surface area contributed by atoms with Crippen molar-refractivity contribution in [3.05, 3.63) is 134 Å². The van der Waals surface area contributed by atoms with Crippen LogP contribution in [0, 0.1) is 0 Å². The summed E-state index contributed by atoms with van der Waals surface area (Å²) in [5, 5.41) is 21.7. The minimum atomic E-state index is -0.997. The summed E-state index contributed by atoms with van der Waals surface area (Å²) in [6.07, 6.45) is 3.09. The highest BCUT2D eigenvalue weighted by molar-refractivity contribution is 9.11. The van der Waals surface area contributed by atoms with Gasteiger partial charge < -0.3 is 31.1 Å². The Morgan fingerprint density at radius 2 is 1.21 bits per heavy atom. The second-order valence-corrected chi connectivity index (χ2v) is 14.4. The molecule has 0 spiro atoms. The highest BCUT2D eigenvalue weighted by Crippen LogP contribution is 2.33. The highest BCUT2D eigenvalue weighted by atomic mass is 79.9. The monoisotopic (exact) mass is 848 g/mol. The lowest BCUT2D eigenvalue weighted by molar-refractivity contribution is -0.132. The summed E-state index contributed by atoms with van der Waals surface area (Å²) < 4.78 is 6.14. The summed E-state index contributed by atoms with van der Waals surface area (Å²) in [6, 6.07) is 30.5. The van der Waals surface area contributed by atoms with Gasteiger partial charge in [0, 0.05) is 25.9 Å². The SMILES string of the molecule is O=C(CCCc1ccccc1)N[C@@H](Cc1cc(Br)c(O)c(Br)c1)C(=O)N[C@H](CCCCNC(=O)OCc1ccccc1)C(=O)NCCc1ccccc1. The van der Waals surface area contributed by atoms with E-state index in [4.69, 9.17) is 4.74 Å². The summed E-state index contributed by atoms with van der Waals surface area (Å²) in [5.41, 5.74) is 3.75. The maximum Gasteiger partial charge on any atom is 0.407 e. The van der Waals surface area contributed by atoms with Crippen molar-refractivity contribution >= 4 is 55.7 Å². The lowest BCUT2D eigenvalue weighted by atomic mass is 10.0. The van der Waals surface area contributed by atoms with Gasteiger partial charge in [0.05, 0.1) is 8.95 Å². The number of hydrogen-bond donors (Lipinski definition) is 5. The van der Waals surface area contributed by atoms with Crippen molar-refractivity contribution in [2.24, 2.45) is 0 Å². The minimum absolute atomic E-state index is 0.0193. The highest BCUT2D eigenvalue weighted by Gasteiger charge is 2.27. The predicted molar refractivity (Wildman–Crippen MR) is 212 cm³/mol. The molecule has 5 N–H and O–H groups in total. The van der Waals surface area contributed by atoms with Crippen LogP contribution < -0.4 is 21.3 Å². The number of unbranched alkanes of at least 4 members (excludes halogenated alkanes) is 1. The number of ether oxygens (including phenoxy) is 1. The molecule has 2 atom stereocenters. The van der Waals surface area contributed by atoms with Gasteiger partial charge in [0.15, 0.2) is 0 Å². The Balaban J connectivity index is 1.38. The van der Waals surface area contributed by atoms with Crippen molar-refractivity contribution in [2.45, 2.75) is 70.1 Å². The third-order valence-electron chi connectivity index (χ3n) is 8.47. The Hall–Kier alpha value is -4.68. The van der Waals surface area contributed by atoms with Gasteiger partial charge in [0.2, 0.25) is 17.7 Å². The zero-order valence-corrected chi connectivity index (χ0v) is 32.7. The lowest BCUT2D eigenvalue weighted by Crippen LogP contribution is -2.54. The van der Waals surface area contributed by atoms with Crippen molar-refractivity contribution in [3.8, 4) is 5.75 Å². The first kappa shape index (κ1) is 41.1. The van der Waals surface area contributed by atoms with Crippen LogP contribution in [0.5, 0.6) is 5.75 Å². The summed E-state index contributed by atoms with van der Waals surface area (Å²) in [7, 11) is 0. The molecule has 0 aliphatic heterocycles. The predicted octanol–water partition coefficient (Wildman–Crippen LogP) is 6.91. The molecule has 53 heavy (non-hydrogen) atoms. The number of phenolic OH excluding ortho intramolecular Hbond substituents is 1. The number of halogens is 2. The average Bonchev–Trinajstić information content (AvgIpc) is 3.16. The molecular formula is C41H46Br2N4O6. The normalized spacial score (nSPS) is 11.9. The Morgan fingerprint density at radius 1 is 0.623 bits per heavy atom. The molecule has 4 amide bonds. The second kappa shape index (κ2) is 22.4. The fourth-order valence-electron chi connectivity index (χ4n) is 5.62. The Bertz CT molecular complexity index is 1740. The van der Waals surface area contributed by atoms with E-state index < -0.39 is 24.1 Å². The van der Waals surface area contributed by atoms with Crippen LogP contribution in [0.4, 0.5) is 4.79 Å². The van der Waals surface area contributed by atoms with Crippen LogP contribution in [0.25, 0.3) is 0 Å². The first-order valence-electron chi connectivity index (χ1n) is 17.7. The molecule has 12 heteroatoms. The van der Waals surface area contributed by atoms with Gasteiger partial charge in [-0.1, -0.05) is 91.0 Å². The standard InChI is InChI=1S/C41H46Br2N4O6/c42-33-25-32(26-34(43)38(33)49)27-36(46-37(48)21-12-19-29-13-4-1-5-14-29)40(51)47-35(39(50)44-24-22-30-15-6-2-7-16-30)20-10-11-23-45-41(52)53-28-31-17-8-3-9-18-31/h1-9,13-18,25-26,35-36,49H,10-12,19-24,27-28H2,(H,44,50)(H,45,52)(H,46,48)(H,47,51)/t35-,36+/m1/s1. The molecule has 0 aromatic heterocycles. The van der Waals surface area contributed by atoms with Gasteiger partial charge in [0.25, 0.3) is 0 Å². The number of rotatable bonds is 20. The fourth-order valence-corrected chi connectivity index (χ4v) is 6.90.